The maximum Gasteiger partial charge on any atom is 0.314 e. The summed E-state index contributed by atoms with van der Waals surface area (Å²) in [6, 6.07) is 1.58. The first-order chi connectivity index (χ1) is 14.4. The Hall–Kier alpha value is -3.63. The SMILES string of the molecule is CCC1C(=O)N=C(n2nc(C)cc2NC(=O)C(=O)NCCCn2ccnc2)N=C1C. The minimum absolute atomic E-state index is 0.0614. The van der Waals surface area contributed by atoms with E-state index in [1.165, 1.54) is 4.68 Å². The molecule has 0 fully saturated rings. The first-order valence-corrected chi connectivity index (χ1v) is 9.68. The van der Waals surface area contributed by atoms with Gasteiger partial charge in [0.05, 0.1) is 17.9 Å². The van der Waals surface area contributed by atoms with Crippen molar-refractivity contribution < 1.29 is 14.4 Å². The van der Waals surface area contributed by atoms with E-state index in [2.05, 4.69) is 30.7 Å². The van der Waals surface area contributed by atoms with E-state index >= 15 is 0 Å². The smallest absolute Gasteiger partial charge is 0.314 e. The van der Waals surface area contributed by atoms with Crippen LogP contribution in [0, 0.1) is 12.8 Å². The minimum Gasteiger partial charge on any atom is -0.348 e. The number of rotatable bonds is 6. The summed E-state index contributed by atoms with van der Waals surface area (Å²) in [7, 11) is 0. The highest BCUT2D eigenvalue weighted by Gasteiger charge is 2.27. The van der Waals surface area contributed by atoms with Crippen molar-refractivity contribution in [2.45, 2.75) is 40.2 Å². The number of amides is 3. The zero-order valence-corrected chi connectivity index (χ0v) is 17.1. The molecule has 1 aliphatic rings. The molecular weight excluding hydrogens is 388 g/mol. The lowest BCUT2D eigenvalue weighted by atomic mass is 10.00. The predicted octanol–water partition coefficient (Wildman–Crippen LogP) is 0.764. The second-order valence-electron chi connectivity index (χ2n) is 6.91. The van der Waals surface area contributed by atoms with Crippen molar-refractivity contribution in [3.63, 3.8) is 0 Å². The molecule has 0 saturated heterocycles. The number of aryl methyl sites for hydroxylation is 2. The maximum absolute atomic E-state index is 12.3. The third kappa shape index (κ3) is 4.85. The Morgan fingerprint density at radius 1 is 1.20 bits per heavy atom. The van der Waals surface area contributed by atoms with Gasteiger partial charge in [0.2, 0.25) is 0 Å². The average molecular weight is 412 g/mol. The summed E-state index contributed by atoms with van der Waals surface area (Å²) in [6.07, 6.45) is 6.44. The fraction of sp³-hybridized carbons (Fsp3) is 0.421. The van der Waals surface area contributed by atoms with Gasteiger partial charge in [-0.25, -0.2) is 9.98 Å². The molecule has 0 bridgehead atoms. The Kier molecular flexibility index (Phi) is 6.50. The number of hydrogen-bond acceptors (Lipinski definition) is 6. The molecule has 0 aromatic carbocycles. The molecule has 2 aromatic rings. The Morgan fingerprint density at radius 2 is 2.00 bits per heavy atom. The van der Waals surface area contributed by atoms with Crippen LogP contribution in [0.4, 0.5) is 5.82 Å². The topological polar surface area (TPSA) is 136 Å². The lowest BCUT2D eigenvalue weighted by molar-refractivity contribution is -0.136. The van der Waals surface area contributed by atoms with Crippen molar-refractivity contribution in [1.82, 2.24) is 24.6 Å². The molecule has 3 rings (SSSR count). The van der Waals surface area contributed by atoms with Crippen molar-refractivity contribution >= 4 is 35.2 Å². The lowest BCUT2D eigenvalue weighted by Crippen LogP contribution is -2.37. The molecule has 2 aromatic heterocycles. The van der Waals surface area contributed by atoms with Gasteiger partial charge in [-0.3, -0.25) is 14.4 Å². The predicted molar refractivity (Wildman–Crippen MR) is 110 cm³/mol. The van der Waals surface area contributed by atoms with E-state index < -0.39 is 11.8 Å². The number of aliphatic imine (C=N–C) groups is 2. The standard InChI is InChI=1S/C19H24N8O3/c1-4-14-13(3)22-19(24-16(14)28)27-15(10-12(2)25-27)23-18(30)17(29)21-6-5-8-26-9-7-20-11-26/h7,9-11,14H,4-6,8H2,1-3H3,(H,21,29)(H,23,30). The number of carbonyl (C=O) groups is 3. The van der Waals surface area contributed by atoms with Gasteiger partial charge in [-0.2, -0.15) is 14.8 Å². The number of hydrogen-bond donors (Lipinski definition) is 2. The minimum atomic E-state index is -0.839. The van der Waals surface area contributed by atoms with E-state index in [1.807, 2.05) is 17.7 Å². The molecule has 11 heteroatoms. The highest BCUT2D eigenvalue weighted by atomic mass is 16.2. The highest BCUT2D eigenvalue weighted by Crippen LogP contribution is 2.17. The van der Waals surface area contributed by atoms with Crippen molar-refractivity contribution in [1.29, 1.82) is 0 Å². The lowest BCUT2D eigenvalue weighted by Gasteiger charge is -2.17. The van der Waals surface area contributed by atoms with Crippen molar-refractivity contribution in [2.75, 3.05) is 11.9 Å². The first kappa shape index (κ1) is 21.1. The van der Waals surface area contributed by atoms with E-state index in [0.29, 0.717) is 37.3 Å². The summed E-state index contributed by atoms with van der Waals surface area (Å²) < 4.78 is 3.14. The van der Waals surface area contributed by atoms with Gasteiger partial charge in [-0.1, -0.05) is 6.92 Å². The highest BCUT2D eigenvalue weighted by molar-refractivity contribution is 6.39. The van der Waals surface area contributed by atoms with Gasteiger partial charge in [-0.15, -0.1) is 0 Å². The Labute approximate surface area is 173 Å². The number of imidazole rings is 1. The summed E-state index contributed by atoms with van der Waals surface area (Å²) >= 11 is 0. The number of nitrogens with zero attached hydrogens (tertiary/aromatic N) is 6. The monoisotopic (exact) mass is 412 g/mol. The van der Waals surface area contributed by atoms with Crippen LogP contribution in [0.15, 0.2) is 34.8 Å². The third-order valence-electron chi connectivity index (χ3n) is 4.60. The molecular formula is C19H24N8O3. The zero-order valence-electron chi connectivity index (χ0n) is 17.1. The van der Waals surface area contributed by atoms with E-state index in [0.717, 1.165) is 0 Å². The van der Waals surface area contributed by atoms with E-state index in [-0.39, 0.29) is 23.6 Å². The molecule has 0 aliphatic carbocycles. The summed E-state index contributed by atoms with van der Waals surface area (Å²) in [5.41, 5.74) is 1.21. The van der Waals surface area contributed by atoms with Crippen LogP contribution in [0.25, 0.3) is 0 Å². The number of anilines is 1. The molecule has 0 radical (unpaired) electrons. The molecule has 3 heterocycles. The molecule has 3 amide bonds. The number of nitrogens with one attached hydrogen (secondary N) is 2. The van der Waals surface area contributed by atoms with Gasteiger partial charge in [0.25, 0.3) is 11.9 Å². The molecule has 30 heavy (non-hydrogen) atoms. The van der Waals surface area contributed by atoms with Gasteiger partial charge in [0, 0.05) is 37.3 Å². The molecule has 1 unspecified atom stereocenters. The van der Waals surface area contributed by atoms with Crippen molar-refractivity contribution in [3.8, 4) is 0 Å². The van der Waals surface area contributed by atoms with E-state index in [1.54, 1.807) is 32.4 Å². The normalized spacial score (nSPS) is 16.1. The van der Waals surface area contributed by atoms with Crippen LogP contribution in [0.5, 0.6) is 0 Å². The van der Waals surface area contributed by atoms with Crippen LogP contribution in [0.2, 0.25) is 0 Å². The first-order valence-electron chi connectivity index (χ1n) is 9.68. The molecule has 1 atom stereocenters. The van der Waals surface area contributed by atoms with Crippen LogP contribution in [-0.4, -0.2) is 55.3 Å². The largest absolute Gasteiger partial charge is 0.348 e. The van der Waals surface area contributed by atoms with Gasteiger partial charge < -0.3 is 15.2 Å². The van der Waals surface area contributed by atoms with E-state index in [4.69, 9.17) is 0 Å². The number of aromatic nitrogens is 4. The quantitative estimate of drug-likeness (QED) is 0.533. The fourth-order valence-electron chi connectivity index (χ4n) is 3.06. The maximum atomic E-state index is 12.3. The summed E-state index contributed by atoms with van der Waals surface area (Å²) in [6.45, 7) is 6.38. The number of carbonyl (C=O) groups excluding carboxylic acids is 3. The van der Waals surface area contributed by atoms with Crippen LogP contribution in [0.3, 0.4) is 0 Å². The van der Waals surface area contributed by atoms with Gasteiger partial charge in [-0.05, 0) is 26.7 Å². The second kappa shape index (κ2) is 9.25. The Morgan fingerprint density at radius 3 is 2.67 bits per heavy atom. The molecule has 158 valence electrons. The van der Waals surface area contributed by atoms with Crippen LogP contribution < -0.4 is 10.6 Å². The molecule has 0 saturated carbocycles. The summed E-state index contributed by atoms with van der Waals surface area (Å²) in [4.78, 5) is 48.9. The third-order valence-corrected chi connectivity index (χ3v) is 4.60. The van der Waals surface area contributed by atoms with Gasteiger partial charge in [0.15, 0.2) is 0 Å². The zero-order chi connectivity index (χ0) is 21.7. The van der Waals surface area contributed by atoms with E-state index in [9.17, 15) is 14.4 Å². The molecule has 1 aliphatic heterocycles. The van der Waals surface area contributed by atoms with Crippen molar-refractivity contribution in [3.05, 3.63) is 30.5 Å². The van der Waals surface area contributed by atoms with Crippen LogP contribution in [0.1, 0.15) is 32.4 Å². The summed E-state index contributed by atoms with van der Waals surface area (Å²) in [5.74, 6) is -1.99. The summed E-state index contributed by atoms with van der Waals surface area (Å²) in [5, 5.41) is 9.32. The fourth-order valence-corrected chi connectivity index (χ4v) is 3.06. The molecule has 0 spiro atoms. The molecule has 2 N–H and O–H groups in total. The molecule has 11 nitrogen and oxygen atoms in total. The van der Waals surface area contributed by atoms with Gasteiger partial charge in [0.1, 0.15) is 5.82 Å². The van der Waals surface area contributed by atoms with Crippen molar-refractivity contribution in [2.24, 2.45) is 15.9 Å². The Bertz CT molecular complexity index is 1000. The van der Waals surface area contributed by atoms with Crippen LogP contribution >= 0.6 is 0 Å². The van der Waals surface area contributed by atoms with Crippen LogP contribution in [-0.2, 0) is 20.9 Å². The Balaban J connectivity index is 1.62. The van der Waals surface area contributed by atoms with Gasteiger partial charge >= 0.3 is 11.8 Å². The average Bonchev–Trinajstić information content (AvgIpc) is 3.34. The second-order valence-corrected chi connectivity index (χ2v) is 6.91.